The van der Waals surface area contributed by atoms with Crippen molar-refractivity contribution in [1.82, 2.24) is 4.90 Å². The second-order valence-electron chi connectivity index (χ2n) is 5.69. The quantitative estimate of drug-likeness (QED) is 0.818. The van der Waals surface area contributed by atoms with E-state index in [9.17, 15) is 14.0 Å². The monoisotopic (exact) mass is 291 g/mol. The van der Waals surface area contributed by atoms with Crippen LogP contribution in [0, 0.1) is 5.82 Å². The number of hydrogen-bond acceptors (Lipinski definition) is 3. The number of carbonyl (C=O) groups is 2. The maximum absolute atomic E-state index is 14.2. The summed E-state index contributed by atoms with van der Waals surface area (Å²) in [6.45, 7) is 1.08. The van der Waals surface area contributed by atoms with Crippen LogP contribution in [0.15, 0.2) is 12.1 Å². The topological polar surface area (TPSA) is 75.4 Å². The van der Waals surface area contributed by atoms with E-state index in [4.69, 9.17) is 5.73 Å². The maximum Gasteiger partial charge on any atom is 0.256 e. The molecule has 3 rings (SSSR count). The van der Waals surface area contributed by atoms with Gasteiger partial charge in [0.2, 0.25) is 5.91 Å². The van der Waals surface area contributed by atoms with Gasteiger partial charge in [0, 0.05) is 31.2 Å². The molecule has 1 aromatic carbocycles. The Morgan fingerprint density at radius 3 is 2.95 bits per heavy atom. The summed E-state index contributed by atoms with van der Waals surface area (Å²) in [5.41, 5.74) is 7.21. The van der Waals surface area contributed by atoms with E-state index in [1.807, 2.05) is 0 Å². The van der Waals surface area contributed by atoms with E-state index in [0.717, 1.165) is 18.4 Å². The number of halogens is 1. The average Bonchev–Trinajstić information content (AvgIpc) is 2.45. The Morgan fingerprint density at radius 2 is 2.19 bits per heavy atom. The summed E-state index contributed by atoms with van der Waals surface area (Å²) < 4.78 is 14.2. The highest BCUT2D eigenvalue weighted by molar-refractivity contribution is 5.98. The largest absolute Gasteiger partial charge is 0.337 e. The summed E-state index contributed by atoms with van der Waals surface area (Å²) in [5, 5.41) is 2.63. The van der Waals surface area contributed by atoms with E-state index in [1.165, 1.54) is 6.07 Å². The van der Waals surface area contributed by atoms with Crippen molar-refractivity contribution in [3.63, 3.8) is 0 Å². The Bertz CT molecular complexity index is 603. The summed E-state index contributed by atoms with van der Waals surface area (Å²) in [7, 11) is 0. The lowest BCUT2D eigenvalue weighted by Gasteiger charge is -2.31. The van der Waals surface area contributed by atoms with Crippen LogP contribution in [0.5, 0.6) is 0 Å². The van der Waals surface area contributed by atoms with Gasteiger partial charge in [-0.3, -0.25) is 9.59 Å². The Balaban J connectivity index is 1.88. The Morgan fingerprint density at radius 1 is 1.38 bits per heavy atom. The van der Waals surface area contributed by atoms with E-state index in [2.05, 4.69) is 5.32 Å². The molecule has 21 heavy (non-hydrogen) atoms. The highest BCUT2D eigenvalue weighted by Crippen LogP contribution is 2.27. The number of likely N-dealkylation sites (tertiary alicyclic amines) is 1. The van der Waals surface area contributed by atoms with Crippen LogP contribution in [0.2, 0.25) is 0 Å². The number of fused-ring (bicyclic) bond motifs is 1. The van der Waals surface area contributed by atoms with Crippen molar-refractivity contribution in [2.75, 3.05) is 18.4 Å². The predicted molar refractivity (Wildman–Crippen MR) is 76.5 cm³/mol. The fraction of sp³-hybridized carbons (Fsp3) is 0.467. The average molecular weight is 291 g/mol. The van der Waals surface area contributed by atoms with Crippen molar-refractivity contribution in [3.05, 3.63) is 29.1 Å². The van der Waals surface area contributed by atoms with E-state index >= 15 is 0 Å². The molecule has 1 atom stereocenters. The molecular formula is C15H18FN3O2. The first-order chi connectivity index (χ1) is 10.0. The third kappa shape index (κ3) is 2.76. The zero-order valence-electron chi connectivity index (χ0n) is 11.7. The number of anilines is 1. The smallest absolute Gasteiger partial charge is 0.256 e. The minimum absolute atomic E-state index is 0.0392. The third-order valence-corrected chi connectivity index (χ3v) is 4.06. The number of carbonyl (C=O) groups excluding carboxylic acids is 2. The van der Waals surface area contributed by atoms with Gasteiger partial charge in [-0.1, -0.05) is 0 Å². The molecule has 6 heteroatoms. The molecule has 0 bridgehead atoms. The number of hydrogen-bond donors (Lipinski definition) is 2. The molecule has 2 heterocycles. The van der Waals surface area contributed by atoms with Crippen LogP contribution in [0.1, 0.15) is 35.2 Å². The van der Waals surface area contributed by atoms with Gasteiger partial charge in [0.1, 0.15) is 5.82 Å². The molecule has 0 aromatic heterocycles. The number of rotatable bonds is 1. The Kier molecular flexibility index (Phi) is 3.63. The first kappa shape index (κ1) is 14.0. The van der Waals surface area contributed by atoms with E-state index in [1.54, 1.807) is 11.0 Å². The summed E-state index contributed by atoms with van der Waals surface area (Å²) in [5.74, 6) is -1.04. The number of nitrogens with one attached hydrogen (secondary N) is 1. The molecule has 0 radical (unpaired) electrons. The van der Waals surface area contributed by atoms with E-state index < -0.39 is 5.82 Å². The van der Waals surface area contributed by atoms with Crippen molar-refractivity contribution in [2.45, 2.75) is 31.7 Å². The lowest BCUT2D eigenvalue weighted by molar-refractivity contribution is -0.116. The number of amides is 2. The standard InChI is InChI=1S/C15H18FN3O2/c16-12-7-13-9(3-4-14(20)18-13)6-11(12)15(21)19-5-1-2-10(17)8-19/h6-7,10H,1-5,8,17H2,(H,18,20). The second kappa shape index (κ2) is 5.44. The van der Waals surface area contributed by atoms with Crippen LogP contribution in [0.4, 0.5) is 10.1 Å². The molecule has 1 unspecified atom stereocenters. The SMILES string of the molecule is NC1CCCN(C(=O)c2cc3c(cc2F)NC(=O)CC3)C1. The molecule has 1 fully saturated rings. The number of piperidine rings is 1. The van der Waals surface area contributed by atoms with Gasteiger partial charge in [-0.2, -0.15) is 0 Å². The van der Waals surface area contributed by atoms with Crippen LogP contribution >= 0.6 is 0 Å². The fourth-order valence-corrected chi connectivity index (χ4v) is 2.93. The number of nitrogens with zero attached hydrogens (tertiary/aromatic N) is 1. The molecule has 5 nitrogen and oxygen atoms in total. The van der Waals surface area contributed by atoms with Gasteiger partial charge < -0.3 is 16.0 Å². The highest BCUT2D eigenvalue weighted by atomic mass is 19.1. The van der Waals surface area contributed by atoms with Crippen LogP contribution in [0.3, 0.4) is 0 Å². The molecular weight excluding hydrogens is 273 g/mol. The molecule has 1 saturated heterocycles. The van der Waals surface area contributed by atoms with Gasteiger partial charge >= 0.3 is 0 Å². The fourth-order valence-electron chi connectivity index (χ4n) is 2.93. The third-order valence-electron chi connectivity index (χ3n) is 4.06. The first-order valence-corrected chi connectivity index (χ1v) is 7.21. The first-order valence-electron chi connectivity index (χ1n) is 7.21. The van der Waals surface area contributed by atoms with Crippen LogP contribution in [-0.4, -0.2) is 35.8 Å². The zero-order valence-corrected chi connectivity index (χ0v) is 11.7. The molecule has 0 spiro atoms. The molecule has 112 valence electrons. The minimum atomic E-state index is -0.597. The zero-order chi connectivity index (χ0) is 15.0. The van der Waals surface area contributed by atoms with Crippen molar-refractivity contribution in [3.8, 4) is 0 Å². The molecule has 2 amide bonds. The number of aryl methyl sites for hydroxylation is 1. The molecule has 1 aromatic rings. The van der Waals surface area contributed by atoms with Crippen molar-refractivity contribution in [1.29, 1.82) is 0 Å². The van der Waals surface area contributed by atoms with Gasteiger partial charge in [0.15, 0.2) is 0 Å². The van der Waals surface area contributed by atoms with Gasteiger partial charge in [-0.15, -0.1) is 0 Å². The summed E-state index contributed by atoms with van der Waals surface area (Å²) in [4.78, 5) is 25.4. The summed E-state index contributed by atoms with van der Waals surface area (Å²) in [6.07, 6.45) is 2.63. The maximum atomic E-state index is 14.2. The predicted octanol–water partition coefficient (Wildman–Crippen LogP) is 1.27. The second-order valence-corrected chi connectivity index (χ2v) is 5.69. The van der Waals surface area contributed by atoms with Gasteiger partial charge in [-0.25, -0.2) is 4.39 Å². The van der Waals surface area contributed by atoms with Crippen LogP contribution < -0.4 is 11.1 Å². The normalized spacial score (nSPS) is 21.7. The minimum Gasteiger partial charge on any atom is -0.337 e. The van der Waals surface area contributed by atoms with E-state index in [-0.39, 0.29) is 23.4 Å². The number of nitrogens with two attached hydrogens (primary N) is 1. The van der Waals surface area contributed by atoms with Crippen molar-refractivity contribution < 1.29 is 14.0 Å². The van der Waals surface area contributed by atoms with Crippen LogP contribution in [0.25, 0.3) is 0 Å². The Hall–Kier alpha value is -1.95. The van der Waals surface area contributed by atoms with Crippen molar-refractivity contribution >= 4 is 17.5 Å². The van der Waals surface area contributed by atoms with E-state index in [0.29, 0.717) is 31.6 Å². The summed E-state index contributed by atoms with van der Waals surface area (Å²) >= 11 is 0. The number of benzene rings is 1. The molecule has 2 aliphatic rings. The van der Waals surface area contributed by atoms with Gasteiger partial charge in [0.25, 0.3) is 5.91 Å². The van der Waals surface area contributed by atoms with Crippen LogP contribution in [-0.2, 0) is 11.2 Å². The van der Waals surface area contributed by atoms with Gasteiger partial charge in [-0.05, 0) is 37.0 Å². The Labute approximate surface area is 122 Å². The highest BCUT2D eigenvalue weighted by Gasteiger charge is 2.26. The molecule has 3 N–H and O–H groups in total. The molecule has 2 aliphatic heterocycles. The lowest BCUT2D eigenvalue weighted by Crippen LogP contribution is -2.46. The molecule has 0 aliphatic carbocycles. The lowest BCUT2D eigenvalue weighted by atomic mass is 9.98. The van der Waals surface area contributed by atoms with Crippen molar-refractivity contribution in [2.24, 2.45) is 5.73 Å². The summed E-state index contributed by atoms with van der Waals surface area (Å²) in [6, 6.07) is 2.76. The van der Waals surface area contributed by atoms with Gasteiger partial charge in [0.05, 0.1) is 5.56 Å². The molecule has 0 saturated carbocycles.